The van der Waals surface area contributed by atoms with E-state index in [1.807, 2.05) is 0 Å². The van der Waals surface area contributed by atoms with E-state index in [9.17, 15) is 0 Å². The summed E-state index contributed by atoms with van der Waals surface area (Å²) in [7, 11) is 0. The van der Waals surface area contributed by atoms with E-state index < -0.39 is 0 Å². The summed E-state index contributed by atoms with van der Waals surface area (Å²) in [5, 5.41) is 0.486. The molecule has 17 heavy (non-hydrogen) atoms. The van der Waals surface area contributed by atoms with Crippen molar-refractivity contribution in [3.63, 3.8) is 0 Å². The molecule has 0 amide bonds. The topological polar surface area (TPSA) is 32.3 Å². The van der Waals surface area contributed by atoms with E-state index >= 15 is 0 Å². The Morgan fingerprint density at radius 2 is 1.88 bits per heavy atom. The molecule has 1 aromatic rings. The highest BCUT2D eigenvalue weighted by molar-refractivity contribution is 9.10. The van der Waals surface area contributed by atoms with E-state index in [-0.39, 0.29) is 0 Å². The third kappa shape index (κ3) is 2.41. The second-order valence-corrected chi connectivity index (χ2v) is 5.71. The van der Waals surface area contributed by atoms with E-state index in [2.05, 4.69) is 35.7 Å². The maximum atomic E-state index is 5.99. The smallest absolute Gasteiger partial charge is 0.148 e. The first kappa shape index (κ1) is 11.7. The van der Waals surface area contributed by atoms with Crippen LogP contribution in [-0.2, 0) is 0 Å². The number of hydrogen-bond donors (Lipinski definition) is 0. The van der Waals surface area contributed by atoms with Gasteiger partial charge in [0.05, 0.1) is 4.47 Å². The van der Waals surface area contributed by atoms with Gasteiger partial charge in [0.15, 0.2) is 0 Å². The van der Waals surface area contributed by atoms with Crippen LogP contribution in [0.25, 0.3) is 0 Å². The van der Waals surface area contributed by atoms with Crippen LogP contribution in [0.4, 0.5) is 5.82 Å². The quantitative estimate of drug-likeness (QED) is 0.783. The number of halogens is 2. The van der Waals surface area contributed by atoms with Crippen LogP contribution < -0.4 is 4.90 Å². The highest BCUT2D eigenvalue weighted by atomic mass is 79.9. The summed E-state index contributed by atoms with van der Waals surface area (Å²) in [5.74, 6) is 0.917. The molecule has 1 aromatic heterocycles. The maximum absolute atomic E-state index is 5.99. The van der Waals surface area contributed by atoms with E-state index in [1.165, 1.54) is 19.2 Å². The summed E-state index contributed by atoms with van der Waals surface area (Å²) >= 11 is 9.45. The zero-order chi connectivity index (χ0) is 11.8. The Balaban J connectivity index is 1.71. The lowest BCUT2D eigenvalue weighted by atomic mass is 10.3. The van der Waals surface area contributed by atoms with Crippen LogP contribution >= 0.6 is 27.5 Å². The molecule has 3 rings (SSSR count). The van der Waals surface area contributed by atoms with Gasteiger partial charge in [-0.05, 0) is 28.8 Å². The van der Waals surface area contributed by atoms with Gasteiger partial charge in [-0.3, -0.25) is 4.90 Å². The van der Waals surface area contributed by atoms with Crippen LogP contribution in [0.2, 0.25) is 5.15 Å². The lowest BCUT2D eigenvalue weighted by molar-refractivity contribution is 0.247. The van der Waals surface area contributed by atoms with Crippen LogP contribution in [0.3, 0.4) is 0 Å². The highest BCUT2D eigenvalue weighted by Gasteiger charge is 2.31. The lowest BCUT2D eigenvalue weighted by Gasteiger charge is -2.35. The van der Waals surface area contributed by atoms with E-state index in [1.54, 1.807) is 0 Å². The summed E-state index contributed by atoms with van der Waals surface area (Å²) in [4.78, 5) is 13.1. The normalized spacial score (nSPS) is 21.9. The van der Waals surface area contributed by atoms with Gasteiger partial charge in [0, 0.05) is 32.2 Å². The summed E-state index contributed by atoms with van der Waals surface area (Å²) in [6, 6.07) is 0.856. The molecule has 0 aromatic carbocycles. The summed E-state index contributed by atoms with van der Waals surface area (Å²) in [5.41, 5.74) is 0. The van der Waals surface area contributed by atoms with Crippen molar-refractivity contribution in [3.8, 4) is 0 Å². The van der Waals surface area contributed by atoms with Crippen molar-refractivity contribution in [3.05, 3.63) is 16.0 Å². The maximum Gasteiger partial charge on any atom is 0.148 e. The minimum atomic E-state index is 0.486. The molecule has 0 bridgehead atoms. The molecule has 1 aliphatic carbocycles. The third-order valence-corrected chi connectivity index (χ3v) is 4.65. The average Bonchev–Trinajstić information content (AvgIpc) is 3.17. The zero-order valence-electron chi connectivity index (χ0n) is 9.44. The van der Waals surface area contributed by atoms with Crippen LogP contribution in [-0.4, -0.2) is 47.1 Å². The molecule has 0 unspecified atom stereocenters. The van der Waals surface area contributed by atoms with Crippen LogP contribution in [0.5, 0.6) is 0 Å². The Labute approximate surface area is 114 Å². The third-order valence-electron chi connectivity index (χ3n) is 3.41. The second kappa shape index (κ2) is 4.71. The average molecular weight is 318 g/mol. The first-order valence-electron chi connectivity index (χ1n) is 5.90. The van der Waals surface area contributed by atoms with Crippen molar-refractivity contribution in [1.82, 2.24) is 14.9 Å². The van der Waals surface area contributed by atoms with E-state index in [4.69, 9.17) is 11.6 Å². The van der Waals surface area contributed by atoms with Gasteiger partial charge in [0.2, 0.25) is 0 Å². The number of hydrogen-bond acceptors (Lipinski definition) is 4. The van der Waals surface area contributed by atoms with Crippen LogP contribution in [0.15, 0.2) is 10.8 Å². The van der Waals surface area contributed by atoms with Gasteiger partial charge in [-0.1, -0.05) is 11.6 Å². The van der Waals surface area contributed by atoms with Gasteiger partial charge < -0.3 is 4.90 Å². The molecule has 0 N–H and O–H groups in total. The van der Waals surface area contributed by atoms with Gasteiger partial charge >= 0.3 is 0 Å². The van der Waals surface area contributed by atoms with Gasteiger partial charge in [-0.25, -0.2) is 9.97 Å². The molecule has 0 atom stereocenters. The first-order valence-corrected chi connectivity index (χ1v) is 7.08. The molecule has 0 radical (unpaired) electrons. The Kier molecular flexibility index (Phi) is 3.23. The summed E-state index contributed by atoms with van der Waals surface area (Å²) in [6.07, 6.45) is 4.28. The molecule has 6 heteroatoms. The van der Waals surface area contributed by atoms with Crippen molar-refractivity contribution in [2.45, 2.75) is 18.9 Å². The van der Waals surface area contributed by atoms with Gasteiger partial charge in [0.25, 0.3) is 0 Å². The molecule has 2 aliphatic rings. The fourth-order valence-corrected chi connectivity index (χ4v) is 2.88. The first-order chi connectivity index (χ1) is 8.25. The molecule has 1 saturated carbocycles. The molecule has 2 heterocycles. The molecule has 1 saturated heterocycles. The van der Waals surface area contributed by atoms with Gasteiger partial charge in [0.1, 0.15) is 17.3 Å². The fraction of sp³-hybridized carbons (Fsp3) is 0.636. The fourth-order valence-electron chi connectivity index (χ4n) is 2.30. The Morgan fingerprint density at radius 1 is 1.18 bits per heavy atom. The highest BCUT2D eigenvalue weighted by Crippen LogP contribution is 2.32. The standard InChI is InChI=1S/C11H14BrClN4/c12-9-10(13)14-7-15-11(9)17-5-3-16(4-6-17)8-1-2-8/h7-8H,1-6H2. The minimum absolute atomic E-state index is 0.486. The Hall–Kier alpha value is -0.390. The molecule has 2 fully saturated rings. The molecular formula is C11H14BrClN4. The summed E-state index contributed by atoms with van der Waals surface area (Å²) in [6.45, 7) is 4.28. The van der Waals surface area contributed by atoms with Crippen molar-refractivity contribution >= 4 is 33.3 Å². The van der Waals surface area contributed by atoms with Gasteiger partial charge in [-0.2, -0.15) is 0 Å². The van der Waals surface area contributed by atoms with E-state index in [0.29, 0.717) is 5.15 Å². The van der Waals surface area contributed by atoms with Crippen LogP contribution in [0.1, 0.15) is 12.8 Å². The summed E-state index contributed by atoms with van der Waals surface area (Å²) < 4.78 is 0.807. The van der Waals surface area contributed by atoms with Gasteiger partial charge in [-0.15, -0.1) is 0 Å². The number of anilines is 1. The van der Waals surface area contributed by atoms with Crippen LogP contribution in [0, 0.1) is 0 Å². The van der Waals surface area contributed by atoms with Crippen molar-refractivity contribution < 1.29 is 0 Å². The molecule has 0 spiro atoms. The Bertz CT molecular complexity index is 416. The molecule has 1 aliphatic heterocycles. The molecule has 92 valence electrons. The van der Waals surface area contributed by atoms with E-state index in [0.717, 1.165) is 42.5 Å². The Morgan fingerprint density at radius 3 is 2.53 bits per heavy atom. The molecule has 4 nitrogen and oxygen atoms in total. The SMILES string of the molecule is Clc1ncnc(N2CCN(C3CC3)CC2)c1Br. The number of aromatic nitrogens is 2. The van der Waals surface area contributed by atoms with Crippen molar-refractivity contribution in [2.75, 3.05) is 31.1 Å². The second-order valence-electron chi connectivity index (χ2n) is 4.56. The lowest BCUT2D eigenvalue weighted by Crippen LogP contribution is -2.47. The van der Waals surface area contributed by atoms with Crippen molar-refractivity contribution in [2.24, 2.45) is 0 Å². The van der Waals surface area contributed by atoms with Crippen molar-refractivity contribution in [1.29, 1.82) is 0 Å². The predicted octanol–water partition coefficient (Wildman–Crippen LogP) is 2.18. The number of piperazine rings is 1. The number of nitrogens with zero attached hydrogens (tertiary/aromatic N) is 4. The largest absolute Gasteiger partial charge is 0.353 e. The number of rotatable bonds is 2. The predicted molar refractivity (Wildman–Crippen MR) is 71.6 cm³/mol. The monoisotopic (exact) mass is 316 g/mol. The minimum Gasteiger partial charge on any atom is -0.353 e. The molecular weight excluding hydrogens is 304 g/mol. The zero-order valence-corrected chi connectivity index (χ0v) is 11.8.